The summed E-state index contributed by atoms with van der Waals surface area (Å²) in [5.41, 5.74) is 0. The lowest BCUT2D eigenvalue weighted by atomic mass is 10.00. The Kier molecular flexibility index (Phi) is 1.84. The van der Waals surface area contributed by atoms with Crippen molar-refractivity contribution in [3.63, 3.8) is 0 Å². The Morgan fingerprint density at radius 1 is 1.33 bits per heavy atom. The second kappa shape index (κ2) is 2.86. The Morgan fingerprint density at radius 2 is 2.17 bits per heavy atom. The number of amides is 2. The number of hydrogen-bond donors (Lipinski definition) is 1. The lowest BCUT2D eigenvalue weighted by Crippen LogP contribution is -2.59. The number of piperidine rings is 1. The second-order valence-electron chi connectivity index (χ2n) is 3.39. The van der Waals surface area contributed by atoms with E-state index >= 15 is 0 Å². The van der Waals surface area contributed by atoms with Crippen molar-refractivity contribution in [3.8, 4) is 0 Å². The zero-order valence-corrected chi connectivity index (χ0v) is 6.88. The van der Waals surface area contributed by atoms with Gasteiger partial charge in [-0.2, -0.15) is 0 Å². The van der Waals surface area contributed by atoms with Gasteiger partial charge in [-0.1, -0.05) is 6.42 Å². The predicted molar refractivity (Wildman–Crippen MR) is 42.4 cm³/mol. The largest absolute Gasteiger partial charge is 0.294 e. The van der Waals surface area contributed by atoms with E-state index in [9.17, 15) is 9.59 Å². The number of hydrogen-bond acceptors (Lipinski definition) is 3. The average Bonchev–Trinajstić information content (AvgIpc) is 2.04. The van der Waals surface area contributed by atoms with E-state index in [4.69, 9.17) is 0 Å². The third-order valence-electron chi connectivity index (χ3n) is 2.53. The van der Waals surface area contributed by atoms with Gasteiger partial charge >= 0.3 is 0 Å². The molecule has 2 aliphatic heterocycles. The quantitative estimate of drug-likeness (QED) is 0.496. The number of carbonyl (C=O) groups excluding carboxylic acids is 2. The normalized spacial score (nSPS) is 31.2. The summed E-state index contributed by atoms with van der Waals surface area (Å²) in [5.74, 6) is -0.260. The van der Waals surface area contributed by atoms with Gasteiger partial charge in [0, 0.05) is 0 Å². The third-order valence-corrected chi connectivity index (χ3v) is 2.53. The summed E-state index contributed by atoms with van der Waals surface area (Å²) in [6.45, 7) is 1.29. The molecule has 0 aliphatic carbocycles. The van der Waals surface area contributed by atoms with E-state index in [1.54, 1.807) is 0 Å². The maximum absolute atomic E-state index is 11.3. The lowest BCUT2D eigenvalue weighted by molar-refractivity contribution is -0.141. The highest BCUT2D eigenvalue weighted by Gasteiger charge is 2.34. The molecule has 0 unspecified atom stereocenters. The Hall–Kier alpha value is -0.900. The molecule has 0 spiro atoms. The zero-order valence-electron chi connectivity index (χ0n) is 6.88. The molecule has 0 aromatic rings. The van der Waals surface area contributed by atoms with Crippen molar-refractivity contribution >= 4 is 11.8 Å². The van der Waals surface area contributed by atoms with Gasteiger partial charge in [0.15, 0.2) is 0 Å². The van der Waals surface area contributed by atoms with Gasteiger partial charge in [0.2, 0.25) is 11.8 Å². The van der Waals surface area contributed by atoms with E-state index in [0.717, 1.165) is 25.8 Å². The molecule has 0 aromatic heterocycles. The van der Waals surface area contributed by atoms with Gasteiger partial charge in [0.25, 0.3) is 0 Å². The van der Waals surface area contributed by atoms with Crippen LogP contribution in [0, 0.1) is 0 Å². The van der Waals surface area contributed by atoms with Crippen molar-refractivity contribution in [3.05, 3.63) is 0 Å². The molecular formula is C8H12N2O2. The van der Waals surface area contributed by atoms with Gasteiger partial charge in [0.05, 0.1) is 12.6 Å². The average molecular weight is 168 g/mol. The highest BCUT2D eigenvalue weighted by molar-refractivity contribution is 6.01. The van der Waals surface area contributed by atoms with Crippen LogP contribution in [0.25, 0.3) is 0 Å². The van der Waals surface area contributed by atoms with Crippen LogP contribution in [-0.4, -0.2) is 35.8 Å². The van der Waals surface area contributed by atoms with Crippen molar-refractivity contribution in [1.82, 2.24) is 10.2 Å². The molecule has 2 heterocycles. The molecule has 4 nitrogen and oxygen atoms in total. The maximum atomic E-state index is 11.3. The number of fused-ring (bicyclic) bond motifs is 1. The Balaban J connectivity index is 2.11. The van der Waals surface area contributed by atoms with Gasteiger partial charge in [-0.15, -0.1) is 0 Å². The van der Waals surface area contributed by atoms with Gasteiger partial charge in [-0.3, -0.25) is 19.8 Å². The van der Waals surface area contributed by atoms with Crippen molar-refractivity contribution < 1.29 is 9.59 Å². The van der Waals surface area contributed by atoms with Crippen LogP contribution in [0.2, 0.25) is 0 Å². The first-order valence-electron chi connectivity index (χ1n) is 4.35. The van der Waals surface area contributed by atoms with Crippen LogP contribution < -0.4 is 5.32 Å². The van der Waals surface area contributed by atoms with Crippen LogP contribution in [-0.2, 0) is 9.59 Å². The molecule has 0 radical (unpaired) electrons. The smallest absolute Gasteiger partial charge is 0.243 e. The second-order valence-corrected chi connectivity index (χ2v) is 3.39. The molecule has 2 saturated heterocycles. The zero-order chi connectivity index (χ0) is 8.55. The van der Waals surface area contributed by atoms with Crippen molar-refractivity contribution in [2.45, 2.75) is 25.3 Å². The summed E-state index contributed by atoms with van der Waals surface area (Å²) in [4.78, 5) is 24.2. The Bertz CT molecular complexity index is 227. The molecule has 4 heteroatoms. The van der Waals surface area contributed by atoms with Crippen LogP contribution in [0.3, 0.4) is 0 Å². The van der Waals surface area contributed by atoms with E-state index in [-0.39, 0.29) is 17.9 Å². The van der Waals surface area contributed by atoms with Crippen molar-refractivity contribution in [1.29, 1.82) is 0 Å². The summed E-state index contributed by atoms with van der Waals surface area (Å²) >= 11 is 0. The first kappa shape index (κ1) is 7.73. The molecule has 2 rings (SSSR count). The molecule has 2 fully saturated rings. The number of imide groups is 1. The number of nitrogens with zero attached hydrogens (tertiary/aromatic N) is 1. The number of carbonyl (C=O) groups is 2. The van der Waals surface area contributed by atoms with Gasteiger partial charge in [0.1, 0.15) is 0 Å². The van der Waals surface area contributed by atoms with Crippen molar-refractivity contribution in [2.75, 3.05) is 13.1 Å². The first-order chi connectivity index (χ1) is 5.77. The van der Waals surface area contributed by atoms with Crippen LogP contribution in [0.15, 0.2) is 0 Å². The standard InChI is InChI=1S/C8H12N2O2/c11-7-5-10-4-2-1-3-6(10)8(12)9-7/h6H,1-5H2,(H,9,11,12)/t6-/m1/s1. The topological polar surface area (TPSA) is 49.4 Å². The summed E-state index contributed by atoms with van der Waals surface area (Å²) < 4.78 is 0. The summed E-state index contributed by atoms with van der Waals surface area (Å²) in [5, 5.41) is 2.36. The lowest BCUT2D eigenvalue weighted by Gasteiger charge is -2.37. The van der Waals surface area contributed by atoms with Crippen LogP contribution >= 0.6 is 0 Å². The maximum Gasteiger partial charge on any atom is 0.243 e. The van der Waals surface area contributed by atoms with Gasteiger partial charge in [-0.25, -0.2) is 0 Å². The van der Waals surface area contributed by atoms with Crippen LogP contribution in [0.1, 0.15) is 19.3 Å². The highest BCUT2D eigenvalue weighted by Crippen LogP contribution is 2.18. The summed E-state index contributed by atoms with van der Waals surface area (Å²) in [7, 11) is 0. The van der Waals surface area contributed by atoms with E-state index < -0.39 is 0 Å². The molecular weight excluding hydrogens is 156 g/mol. The first-order valence-corrected chi connectivity index (χ1v) is 4.35. The molecule has 0 bridgehead atoms. The molecule has 0 aromatic carbocycles. The van der Waals surface area contributed by atoms with E-state index in [0.29, 0.717) is 6.54 Å². The number of piperazine rings is 1. The van der Waals surface area contributed by atoms with Crippen LogP contribution in [0.5, 0.6) is 0 Å². The fraction of sp³-hybridized carbons (Fsp3) is 0.750. The Morgan fingerprint density at radius 3 is 3.00 bits per heavy atom. The fourth-order valence-electron chi connectivity index (χ4n) is 1.92. The SMILES string of the molecule is O=C1CN2CCCC[C@@H]2C(=O)N1. The Labute approximate surface area is 70.9 Å². The summed E-state index contributed by atoms with van der Waals surface area (Å²) in [6.07, 6.45) is 3.11. The molecule has 2 amide bonds. The monoisotopic (exact) mass is 168 g/mol. The number of rotatable bonds is 0. The van der Waals surface area contributed by atoms with Crippen molar-refractivity contribution in [2.24, 2.45) is 0 Å². The van der Waals surface area contributed by atoms with Gasteiger partial charge < -0.3 is 0 Å². The predicted octanol–water partition coefficient (Wildman–Crippen LogP) is -0.503. The van der Waals surface area contributed by atoms with E-state index in [1.165, 1.54) is 0 Å². The minimum atomic E-state index is -0.154. The van der Waals surface area contributed by atoms with E-state index in [1.807, 2.05) is 4.90 Å². The molecule has 66 valence electrons. The molecule has 12 heavy (non-hydrogen) atoms. The molecule has 1 N–H and O–H groups in total. The highest BCUT2D eigenvalue weighted by atomic mass is 16.2. The third kappa shape index (κ3) is 1.22. The molecule has 1 atom stereocenters. The minimum absolute atomic E-state index is 0.0311. The molecule has 2 aliphatic rings. The van der Waals surface area contributed by atoms with Crippen LogP contribution in [0.4, 0.5) is 0 Å². The summed E-state index contributed by atoms with van der Waals surface area (Å²) in [6, 6.07) is -0.0311. The van der Waals surface area contributed by atoms with Gasteiger partial charge in [-0.05, 0) is 19.4 Å². The van der Waals surface area contributed by atoms with E-state index in [2.05, 4.69) is 5.32 Å². The fourth-order valence-corrected chi connectivity index (χ4v) is 1.92. The number of nitrogens with one attached hydrogen (secondary N) is 1. The minimum Gasteiger partial charge on any atom is -0.294 e. The molecule has 0 saturated carbocycles.